The number of carbonyl (C=O) groups is 1. The van der Waals surface area contributed by atoms with E-state index in [1.807, 2.05) is 0 Å². The molecule has 0 unspecified atom stereocenters. The third-order valence-electron chi connectivity index (χ3n) is 2.10. The fourth-order valence-electron chi connectivity index (χ4n) is 0.512. The predicted molar refractivity (Wildman–Crippen MR) is 53.4 cm³/mol. The number of Topliss-reactive ketones (excluding diaryl/α,β-unsaturated/α-hetero) is 1. The Morgan fingerprint density at radius 3 is 1.92 bits per heavy atom. The summed E-state index contributed by atoms with van der Waals surface area (Å²) in [6.45, 7) is 6.77. The first-order chi connectivity index (χ1) is 5.78. The topological polar surface area (TPSA) is 93.8 Å². The lowest BCUT2D eigenvalue weighted by atomic mass is 9.84. The summed E-state index contributed by atoms with van der Waals surface area (Å²) in [4.78, 5) is 11.2. The smallest absolute Gasteiger partial charge is 0.211 e. The number of carbonyl (C=O) groups excluding carboxylic acids is 1. The number of rotatable bonds is 3. The van der Waals surface area contributed by atoms with Gasteiger partial charge in [-0.1, -0.05) is 0 Å². The molecule has 0 aliphatic rings. The summed E-state index contributed by atoms with van der Waals surface area (Å²) < 4.78 is 0. The number of hydrogen-bond acceptors (Lipinski definition) is 3. The molecule has 0 bridgehead atoms. The van der Waals surface area contributed by atoms with Crippen molar-refractivity contribution in [2.45, 2.75) is 27.7 Å². The van der Waals surface area contributed by atoms with Crippen molar-refractivity contribution in [3.63, 3.8) is 0 Å². The van der Waals surface area contributed by atoms with Gasteiger partial charge in [-0.25, -0.2) is 0 Å². The summed E-state index contributed by atoms with van der Waals surface area (Å²) in [7, 11) is 0. The van der Waals surface area contributed by atoms with Crippen molar-refractivity contribution in [3.05, 3.63) is 0 Å². The molecule has 0 fully saturated rings. The molecular weight excluding hydrogens is 168 g/mol. The molecule has 0 aromatic rings. The second-order valence-corrected chi connectivity index (χ2v) is 3.39. The highest BCUT2D eigenvalue weighted by atomic mass is 16.1. The van der Waals surface area contributed by atoms with E-state index in [0.29, 0.717) is 5.71 Å². The Bertz CT molecular complexity index is 261. The zero-order chi connectivity index (χ0) is 10.6. The Kier molecular flexibility index (Phi) is 3.59. The standard InChI is InChI=1S/C8H16N4O/c1-5(11-12-7(9)10)8(3,4)6(2)13/h1-4H3,(H4,9,10,12)/b11-5-. The van der Waals surface area contributed by atoms with Gasteiger partial charge in [0.25, 0.3) is 0 Å². The molecule has 0 saturated carbocycles. The highest BCUT2D eigenvalue weighted by Crippen LogP contribution is 2.18. The first-order valence-electron chi connectivity index (χ1n) is 3.93. The quantitative estimate of drug-likeness (QED) is 0.374. The van der Waals surface area contributed by atoms with E-state index in [9.17, 15) is 4.79 Å². The maximum Gasteiger partial charge on any atom is 0.211 e. The van der Waals surface area contributed by atoms with E-state index in [0.717, 1.165) is 0 Å². The molecule has 0 radical (unpaired) electrons. The third kappa shape index (κ3) is 3.23. The number of nitrogens with two attached hydrogens (primary N) is 2. The molecule has 0 aliphatic heterocycles. The van der Waals surface area contributed by atoms with Gasteiger partial charge in [0.2, 0.25) is 5.96 Å². The van der Waals surface area contributed by atoms with Gasteiger partial charge in [0.1, 0.15) is 5.78 Å². The maximum absolute atomic E-state index is 11.2. The van der Waals surface area contributed by atoms with E-state index in [2.05, 4.69) is 10.2 Å². The van der Waals surface area contributed by atoms with Crippen LogP contribution in [0.2, 0.25) is 0 Å². The molecule has 0 atom stereocenters. The van der Waals surface area contributed by atoms with Gasteiger partial charge in [-0.15, -0.1) is 5.10 Å². The van der Waals surface area contributed by atoms with Crippen LogP contribution in [0.4, 0.5) is 0 Å². The van der Waals surface area contributed by atoms with Crippen LogP contribution >= 0.6 is 0 Å². The summed E-state index contributed by atoms with van der Waals surface area (Å²) in [5.74, 6) is -0.0850. The molecular formula is C8H16N4O. The fraction of sp³-hybridized carbons (Fsp3) is 0.625. The van der Waals surface area contributed by atoms with Crippen molar-refractivity contribution in [2.24, 2.45) is 27.1 Å². The second-order valence-electron chi connectivity index (χ2n) is 3.39. The molecule has 0 aliphatic carbocycles. The van der Waals surface area contributed by atoms with Crippen molar-refractivity contribution in [3.8, 4) is 0 Å². The number of ketones is 1. The largest absolute Gasteiger partial charge is 0.369 e. The molecule has 0 aromatic carbocycles. The first kappa shape index (κ1) is 11.6. The monoisotopic (exact) mass is 184 g/mol. The van der Waals surface area contributed by atoms with Gasteiger partial charge in [0.15, 0.2) is 0 Å². The van der Waals surface area contributed by atoms with Crippen LogP contribution in [0.1, 0.15) is 27.7 Å². The summed E-state index contributed by atoms with van der Waals surface area (Å²) in [6, 6.07) is 0. The van der Waals surface area contributed by atoms with Crippen LogP contribution in [0.25, 0.3) is 0 Å². The van der Waals surface area contributed by atoms with Crippen molar-refractivity contribution in [1.82, 2.24) is 0 Å². The molecule has 5 nitrogen and oxygen atoms in total. The predicted octanol–water partition coefficient (Wildman–Crippen LogP) is 0.251. The molecule has 0 spiro atoms. The Labute approximate surface area is 77.9 Å². The molecule has 74 valence electrons. The van der Waals surface area contributed by atoms with Crippen molar-refractivity contribution in [1.29, 1.82) is 0 Å². The van der Waals surface area contributed by atoms with Gasteiger partial charge in [-0.2, -0.15) is 5.10 Å². The third-order valence-corrected chi connectivity index (χ3v) is 2.10. The van der Waals surface area contributed by atoms with E-state index in [4.69, 9.17) is 11.5 Å². The first-order valence-corrected chi connectivity index (χ1v) is 3.93. The highest BCUT2D eigenvalue weighted by molar-refractivity contribution is 6.06. The van der Waals surface area contributed by atoms with Crippen LogP contribution in [0, 0.1) is 5.41 Å². The van der Waals surface area contributed by atoms with E-state index in [1.54, 1.807) is 20.8 Å². The highest BCUT2D eigenvalue weighted by Gasteiger charge is 2.27. The maximum atomic E-state index is 11.2. The van der Waals surface area contributed by atoms with Crippen LogP contribution in [0.15, 0.2) is 10.2 Å². The van der Waals surface area contributed by atoms with Crippen LogP contribution < -0.4 is 11.5 Å². The summed E-state index contributed by atoms with van der Waals surface area (Å²) in [5, 5.41) is 7.23. The Morgan fingerprint density at radius 2 is 1.62 bits per heavy atom. The Hall–Kier alpha value is -1.39. The zero-order valence-corrected chi connectivity index (χ0v) is 8.46. The number of nitrogens with zero attached hydrogens (tertiary/aromatic N) is 2. The summed E-state index contributed by atoms with van der Waals surface area (Å²) >= 11 is 0. The van der Waals surface area contributed by atoms with Gasteiger partial charge < -0.3 is 11.5 Å². The Balaban J connectivity index is 4.78. The van der Waals surface area contributed by atoms with Gasteiger partial charge in [-0.3, -0.25) is 4.79 Å². The minimum atomic E-state index is -0.612. The Morgan fingerprint density at radius 1 is 1.15 bits per heavy atom. The summed E-state index contributed by atoms with van der Waals surface area (Å²) in [5.41, 5.74) is 10.2. The molecule has 0 aromatic heterocycles. The lowest BCUT2D eigenvalue weighted by Crippen LogP contribution is -2.30. The van der Waals surface area contributed by atoms with Crippen molar-refractivity contribution < 1.29 is 4.79 Å². The molecule has 0 saturated heterocycles. The summed E-state index contributed by atoms with van der Waals surface area (Å²) in [6.07, 6.45) is 0. The second kappa shape index (κ2) is 4.02. The molecule has 0 amide bonds. The van der Waals surface area contributed by atoms with Gasteiger partial charge in [0, 0.05) is 0 Å². The molecule has 0 rings (SSSR count). The molecule has 13 heavy (non-hydrogen) atoms. The number of guanidine groups is 1. The van der Waals surface area contributed by atoms with E-state index >= 15 is 0 Å². The van der Waals surface area contributed by atoms with E-state index in [1.165, 1.54) is 6.92 Å². The van der Waals surface area contributed by atoms with Crippen molar-refractivity contribution in [2.75, 3.05) is 0 Å². The molecule has 5 heteroatoms. The van der Waals surface area contributed by atoms with Crippen LogP contribution in [-0.4, -0.2) is 17.5 Å². The normalized spacial score (nSPS) is 12.5. The zero-order valence-electron chi connectivity index (χ0n) is 8.46. The van der Waals surface area contributed by atoms with Gasteiger partial charge in [0.05, 0.1) is 11.1 Å². The van der Waals surface area contributed by atoms with Crippen LogP contribution in [0.5, 0.6) is 0 Å². The lowest BCUT2D eigenvalue weighted by Gasteiger charge is -2.19. The molecule has 4 N–H and O–H groups in total. The van der Waals surface area contributed by atoms with Gasteiger partial charge >= 0.3 is 0 Å². The average Bonchev–Trinajstić information content (AvgIpc) is 1.99. The fourth-order valence-corrected chi connectivity index (χ4v) is 0.512. The lowest BCUT2D eigenvalue weighted by molar-refractivity contribution is -0.121. The molecule has 0 heterocycles. The van der Waals surface area contributed by atoms with E-state index in [-0.39, 0.29) is 11.7 Å². The minimum absolute atomic E-state index is 0.0274. The van der Waals surface area contributed by atoms with Crippen LogP contribution in [-0.2, 0) is 4.79 Å². The van der Waals surface area contributed by atoms with Crippen molar-refractivity contribution >= 4 is 17.5 Å². The SMILES string of the molecule is CC(=O)C(C)(C)/C(C)=N\N=C(N)N. The minimum Gasteiger partial charge on any atom is -0.369 e. The number of hydrogen-bond donors (Lipinski definition) is 2. The van der Waals surface area contributed by atoms with E-state index < -0.39 is 5.41 Å². The average molecular weight is 184 g/mol. The van der Waals surface area contributed by atoms with Crippen LogP contribution in [0.3, 0.4) is 0 Å². The van der Waals surface area contributed by atoms with Gasteiger partial charge in [-0.05, 0) is 27.7 Å².